The average molecular weight is 619 g/mol. The fourth-order valence-corrected chi connectivity index (χ4v) is 4.75. The third-order valence-corrected chi connectivity index (χ3v) is 6.86. The molecule has 4 aromatic rings. The number of benzene rings is 3. The Morgan fingerprint density at radius 2 is 1.67 bits per heavy atom. The molecule has 0 bridgehead atoms. The molecule has 16 heteroatoms. The lowest BCUT2D eigenvalue weighted by Crippen LogP contribution is -2.20. The highest BCUT2D eigenvalue weighted by Crippen LogP contribution is 2.42. The van der Waals surface area contributed by atoms with Gasteiger partial charge in [0.2, 0.25) is 34.8 Å². The molecule has 5 rings (SSSR count). The van der Waals surface area contributed by atoms with E-state index in [1.807, 2.05) is 0 Å². The molecule has 1 aliphatic heterocycles. The Hall–Kier alpha value is -4.02. The van der Waals surface area contributed by atoms with Crippen LogP contribution in [0.1, 0.15) is 23.7 Å². The maximum absolute atomic E-state index is 13.9. The Morgan fingerprint density at radius 3 is 2.31 bits per heavy atom. The van der Waals surface area contributed by atoms with Crippen molar-refractivity contribution < 1.29 is 54.6 Å². The van der Waals surface area contributed by atoms with Gasteiger partial charge < -0.3 is 14.3 Å². The van der Waals surface area contributed by atoms with Crippen molar-refractivity contribution in [1.29, 1.82) is 0 Å². The van der Waals surface area contributed by atoms with Gasteiger partial charge in [-0.25, -0.2) is 13.2 Å². The van der Waals surface area contributed by atoms with E-state index in [1.165, 1.54) is 35.1 Å². The molecule has 0 aliphatic carbocycles. The molecule has 0 spiro atoms. The highest BCUT2D eigenvalue weighted by molar-refractivity contribution is 7.96. The van der Waals surface area contributed by atoms with E-state index < -0.39 is 52.7 Å². The molecule has 7 nitrogen and oxygen atoms in total. The molecule has 42 heavy (non-hydrogen) atoms. The highest BCUT2D eigenvalue weighted by Gasteiger charge is 2.33. The number of aryl methyl sites for hydroxylation is 1. The molecule has 0 amide bonds. The predicted octanol–water partition coefficient (Wildman–Crippen LogP) is 7.40. The lowest BCUT2D eigenvalue weighted by Gasteiger charge is -2.28. The second-order valence-electron chi connectivity index (χ2n) is 8.81. The highest BCUT2D eigenvalue weighted by atomic mass is 32.2. The van der Waals surface area contributed by atoms with Crippen LogP contribution in [0.3, 0.4) is 0 Å². The van der Waals surface area contributed by atoms with Crippen LogP contribution in [0.25, 0.3) is 11.3 Å². The van der Waals surface area contributed by atoms with Gasteiger partial charge in [-0.1, -0.05) is 6.07 Å². The molecule has 0 fully saturated rings. The predicted molar refractivity (Wildman–Crippen MR) is 130 cm³/mol. The van der Waals surface area contributed by atoms with E-state index in [-0.39, 0.29) is 33.2 Å². The third kappa shape index (κ3) is 5.69. The number of ether oxygens (including phenoxy) is 2. The van der Waals surface area contributed by atoms with Crippen LogP contribution in [0.15, 0.2) is 53.6 Å². The van der Waals surface area contributed by atoms with E-state index in [0.717, 1.165) is 12.1 Å². The van der Waals surface area contributed by atoms with E-state index >= 15 is 0 Å². The quantitative estimate of drug-likeness (QED) is 0.0761. The first kappa shape index (κ1) is 29.5. The van der Waals surface area contributed by atoms with E-state index in [4.69, 9.17) is 9.47 Å². The molecule has 1 aliphatic rings. The molecular formula is C26H17F8N3O4S. The van der Waals surface area contributed by atoms with Gasteiger partial charge in [-0.15, -0.1) is 0 Å². The van der Waals surface area contributed by atoms with Crippen LogP contribution in [-0.2, 0) is 13.2 Å². The maximum Gasteiger partial charge on any atom is 0.416 e. The number of aromatic nitrogens is 2. The van der Waals surface area contributed by atoms with Gasteiger partial charge in [0.1, 0.15) is 17.6 Å². The van der Waals surface area contributed by atoms with Crippen LogP contribution in [0, 0.1) is 29.1 Å². The van der Waals surface area contributed by atoms with Crippen LogP contribution >= 0.6 is 11.9 Å². The van der Waals surface area contributed by atoms with Crippen LogP contribution in [-0.4, -0.2) is 26.2 Å². The van der Waals surface area contributed by atoms with Gasteiger partial charge in [-0.3, -0.25) is 9.89 Å². The lowest BCUT2D eigenvalue weighted by atomic mass is 10.0. The summed E-state index contributed by atoms with van der Waals surface area (Å²) in [7, 11) is 1.57. The minimum atomic E-state index is -4.59. The zero-order valence-corrected chi connectivity index (χ0v) is 21.9. The van der Waals surface area contributed by atoms with E-state index in [0.29, 0.717) is 29.6 Å². The van der Waals surface area contributed by atoms with E-state index in [9.17, 15) is 40.3 Å². The Kier molecular flexibility index (Phi) is 7.96. The number of alkyl halides is 3. The summed E-state index contributed by atoms with van der Waals surface area (Å²) in [6, 6.07) is 8.93. The molecule has 0 saturated heterocycles. The smallest absolute Gasteiger partial charge is 0.416 e. The summed E-state index contributed by atoms with van der Waals surface area (Å²) in [5.74, 6) is -12.8. The molecule has 2 heterocycles. The Bertz CT molecular complexity index is 1620. The summed E-state index contributed by atoms with van der Waals surface area (Å²) in [6.07, 6.45) is -3.51. The summed E-state index contributed by atoms with van der Waals surface area (Å²) < 4.78 is 121. The zero-order valence-electron chi connectivity index (χ0n) is 21.1. The van der Waals surface area contributed by atoms with Gasteiger partial charge >= 0.3 is 6.18 Å². The zero-order chi connectivity index (χ0) is 30.3. The van der Waals surface area contributed by atoms with Gasteiger partial charge in [0.25, 0.3) is 0 Å². The van der Waals surface area contributed by atoms with Crippen LogP contribution in [0.4, 0.5) is 35.1 Å². The van der Waals surface area contributed by atoms with Crippen molar-refractivity contribution in [2.75, 3.05) is 6.61 Å². The molecular weight excluding hydrogens is 602 g/mol. The fourth-order valence-electron chi connectivity index (χ4n) is 4.17. The largest absolute Gasteiger partial charge is 0.493 e. The van der Waals surface area contributed by atoms with Crippen molar-refractivity contribution in [3.05, 3.63) is 88.9 Å². The summed E-state index contributed by atoms with van der Waals surface area (Å²) in [5.41, 5.74) is 0.159. The molecule has 1 unspecified atom stereocenters. The van der Waals surface area contributed by atoms with E-state index in [1.54, 1.807) is 13.1 Å². The van der Waals surface area contributed by atoms with Crippen LogP contribution < -0.4 is 14.3 Å². The molecule has 1 N–H and O–H groups in total. The first-order chi connectivity index (χ1) is 19.8. The minimum absolute atomic E-state index is 0.136. The van der Waals surface area contributed by atoms with E-state index in [2.05, 4.69) is 9.94 Å². The van der Waals surface area contributed by atoms with Crippen molar-refractivity contribution in [2.24, 2.45) is 7.05 Å². The number of hydrogen-bond donors (Lipinski definition) is 1. The topological polar surface area (TPSA) is 69.0 Å². The standard InChI is InChI=1S/C26H17F8N3O4S/c1-36-16(6-8-35-36)15-10-12(26(32,33)34)2-5-17(15)40-18-7-9-39-19-11-13(3-4-14(18)19)42-37(38)41-25-23(30)21(28)20(27)22(29)24(25)31/h2-6,8,10-11,18,38H,7,9H2,1H3. The Balaban J connectivity index is 1.37. The monoisotopic (exact) mass is 619 g/mol. The summed E-state index contributed by atoms with van der Waals surface area (Å²) in [4.78, 5) is 4.59. The van der Waals surface area contributed by atoms with Gasteiger partial charge in [0.15, 0.2) is 0 Å². The minimum Gasteiger partial charge on any atom is -0.493 e. The van der Waals surface area contributed by atoms with Crippen molar-refractivity contribution >= 4 is 11.9 Å². The molecule has 0 saturated carbocycles. The van der Waals surface area contributed by atoms with Crippen molar-refractivity contribution in [1.82, 2.24) is 14.4 Å². The van der Waals surface area contributed by atoms with Crippen LogP contribution in [0.5, 0.6) is 17.2 Å². The van der Waals surface area contributed by atoms with Crippen molar-refractivity contribution in [3.8, 4) is 28.5 Å². The first-order valence-electron chi connectivity index (χ1n) is 11.8. The molecule has 1 aromatic heterocycles. The average Bonchev–Trinajstić information content (AvgIpc) is 3.38. The van der Waals surface area contributed by atoms with Gasteiger partial charge in [-0.2, -0.15) is 27.1 Å². The maximum atomic E-state index is 13.9. The Morgan fingerprint density at radius 1 is 0.976 bits per heavy atom. The molecule has 0 radical (unpaired) electrons. The Labute approximate surface area is 235 Å². The van der Waals surface area contributed by atoms with Gasteiger partial charge in [-0.05, 0) is 36.4 Å². The number of hydrogen-bond acceptors (Lipinski definition) is 7. The lowest BCUT2D eigenvalue weighted by molar-refractivity contribution is -0.194. The number of nitrogens with zero attached hydrogens (tertiary/aromatic N) is 3. The normalized spacial score (nSPS) is 15.0. The number of fused-ring (bicyclic) bond motifs is 1. The first-order valence-corrected chi connectivity index (χ1v) is 12.6. The van der Waals surface area contributed by atoms with Crippen molar-refractivity contribution in [2.45, 2.75) is 23.6 Å². The second-order valence-corrected chi connectivity index (χ2v) is 9.78. The number of halogens is 8. The molecule has 1 atom stereocenters. The van der Waals surface area contributed by atoms with Crippen LogP contribution in [0.2, 0.25) is 0 Å². The molecule has 222 valence electrons. The second kappa shape index (κ2) is 11.3. The van der Waals surface area contributed by atoms with Gasteiger partial charge in [0, 0.05) is 52.3 Å². The molecule has 3 aromatic carbocycles. The summed E-state index contributed by atoms with van der Waals surface area (Å²) >= 11 is 0.314. The number of rotatable bonds is 7. The van der Waals surface area contributed by atoms with Gasteiger partial charge in [0.05, 0.1) is 17.9 Å². The SMILES string of the molecule is Cn1nccc1-c1cc(C(F)(F)F)ccc1OC1CCOc2cc(SN(O)Oc3c(F)c(F)c(F)c(F)c3F)ccc21. The fraction of sp³-hybridized carbons (Fsp3) is 0.192. The third-order valence-electron chi connectivity index (χ3n) is 6.16. The summed E-state index contributed by atoms with van der Waals surface area (Å²) in [6.45, 7) is 0.136. The summed E-state index contributed by atoms with van der Waals surface area (Å²) in [5, 5.41) is 14.0. The van der Waals surface area contributed by atoms with Crippen molar-refractivity contribution in [3.63, 3.8) is 0 Å².